The topological polar surface area (TPSA) is 68.0 Å². The molecule has 0 aliphatic rings. The van der Waals surface area contributed by atoms with Crippen LogP contribution < -0.4 is 5.32 Å². The van der Waals surface area contributed by atoms with Gasteiger partial charge in [-0.3, -0.25) is 4.79 Å². The SMILES string of the molecule is Cc1cccc(-c2nnc(S[C@H](C)C(=O)Nc3ccc(Cl)cc3Cl)o2)c1. The van der Waals surface area contributed by atoms with E-state index < -0.39 is 5.25 Å². The maximum absolute atomic E-state index is 12.4. The molecule has 0 unspecified atom stereocenters. The minimum absolute atomic E-state index is 0.227. The first kappa shape index (κ1) is 18.8. The standard InChI is InChI=1S/C18H15Cl2N3O2S/c1-10-4-3-5-12(8-10)17-22-23-18(25-17)26-11(2)16(24)21-15-7-6-13(19)9-14(15)20/h3-9,11H,1-2H3,(H,21,24)/t11-/m1/s1. The van der Waals surface area contributed by atoms with Gasteiger partial charge in [-0.25, -0.2) is 0 Å². The summed E-state index contributed by atoms with van der Waals surface area (Å²) in [6, 6.07) is 12.7. The van der Waals surface area contributed by atoms with Crippen LogP contribution in [-0.2, 0) is 4.79 Å². The number of thioether (sulfide) groups is 1. The summed E-state index contributed by atoms with van der Waals surface area (Å²) in [6.45, 7) is 3.74. The van der Waals surface area contributed by atoms with E-state index in [1.807, 2.05) is 31.2 Å². The predicted molar refractivity (Wildman–Crippen MR) is 105 cm³/mol. The lowest BCUT2D eigenvalue weighted by molar-refractivity contribution is -0.115. The normalized spacial score (nSPS) is 12.0. The molecule has 26 heavy (non-hydrogen) atoms. The second-order valence-electron chi connectivity index (χ2n) is 5.62. The summed E-state index contributed by atoms with van der Waals surface area (Å²) in [5, 5.41) is 11.6. The largest absolute Gasteiger partial charge is 0.411 e. The van der Waals surface area contributed by atoms with Crippen molar-refractivity contribution >= 4 is 46.6 Å². The molecule has 1 amide bonds. The second-order valence-corrected chi connectivity index (χ2v) is 7.75. The number of aryl methyl sites for hydroxylation is 1. The molecule has 0 bridgehead atoms. The van der Waals surface area contributed by atoms with Crippen molar-refractivity contribution in [3.8, 4) is 11.5 Å². The molecule has 3 aromatic rings. The first-order valence-electron chi connectivity index (χ1n) is 7.75. The number of carbonyl (C=O) groups excluding carboxylic acids is 1. The summed E-state index contributed by atoms with van der Waals surface area (Å²) in [4.78, 5) is 12.4. The Kier molecular flexibility index (Phi) is 5.86. The zero-order valence-corrected chi connectivity index (χ0v) is 16.3. The van der Waals surface area contributed by atoms with Crippen LogP contribution in [0.25, 0.3) is 11.5 Å². The molecule has 1 aromatic heterocycles. The molecule has 0 saturated heterocycles. The predicted octanol–water partition coefficient (Wildman–Crippen LogP) is 5.47. The minimum atomic E-state index is -0.451. The number of aromatic nitrogens is 2. The van der Waals surface area contributed by atoms with E-state index in [9.17, 15) is 4.79 Å². The van der Waals surface area contributed by atoms with Gasteiger partial charge >= 0.3 is 0 Å². The van der Waals surface area contributed by atoms with Crippen LogP contribution in [0, 0.1) is 6.92 Å². The van der Waals surface area contributed by atoms with Gasteiger partial charge in [-0.15, -0.1) is 10.2 Å². The Labute approximate surface area is 165 Å². The van der Waals surface area contributed by atoms with Crippen LogP contribution in [-0.4, -0.2) is 21.4 Å². The van der Waals surface area contributed by atoms with Crippen LogP contribution in [0.1, 0.15) is 12.5 Å². The van der Waals surface area contributed by atoms with Gasteiger partial charge in [0.05, 0.1) is 16.0 Å². The molecule has 8 heteroatoms. The lowest BCUT2D eigenvalue weighted by atomic mass is 10.1. The Morgan fingerprint density at radius 2 is 2.00 bits per heavy atom. The smallest absolute Gasteiger partial charge is 0.277 e. The Morgan fingerprint density at radius 3 is 2.73 bits per heavy atom. The summed E-state index contributed by atoms with van der Waals surface area (Å²) in [7, 11) is 0. The Hall–Kier alpha value is -2.02. The number of carbonyl (C=O) groups is 1. The quantitative estimate of drug-likeness (QED) is 0.567. The maximum Gasteiger partial charge on any atom is 0.277 e. The number of anilines is 1. The van der Waals surface area contributed by atoms with E-state index >= 15 is 0 Å². The molecule has 0 aliphatic heterocycles. The highest BCUT2D eigenvalue weighted by molar-refractivity contribution is 8.00. The van der Waals surface area contributed by atoms with Crippen LogP contribution in [0.4, 0.5) is 5.69 Å². The van der Waals surface area contributed by atoms with Crippen LogP contribution in [0.5, 0.6) is 0 Å². The van der Waals surface area contributed by atoms with Gasteiger partial charge < -0.3 is 9.73 Å². The van der Waals surface area contributed by atoms with Crippen LogP contribution in [0.15, 0.2) is 52.1 Å². The lowest BCUT2D eigenvalue weighted by Gasteiger charge is -2.11. The fourth-order valence-corrected chi connectivity index (χ4v) is 3.32. The third-order valence-corrected chi connectivity index (χ3v) is 4.99. The first-order valence-corrected chi connectivity index (χ1v) is 9.39. The van der Waals surface area contributed by atoms with Crippen molar-refractivity contribution < 1.29 is 9.21 Å². The van der Waals surface area contributed by atoms with Crippen molar-refractivity contribution in [2.75, 3.05) is 5.32 Å². The number of hydrogen-bond acceptors (Lipinski definition) is 5. The second kappa shape index (κ2) is 8.12. The molecule has 0 spiro atoms. The summed E-state index contributed by atoms with van der Waals surface area (Å²) < 4.78 is 5.65. The first-order chi connectivity index (χ1) is 12.4. The summed E-state index contributed by atoms with van der Waals surface area (Å²) in [5.74, 6) is 0.194. The molecule has 2 aromatic carbocycles. The van der Waals surface area contributed by atoms with Crippen LogP contribution >= 0.6 is 35.0 Å². The van der Waals surface area contributed by atoms with E-state index in [-0.39, 0.29) is 5.91 Å². The summed E-state index contributed by atoms with van der Waals surface area (Å²) in [5.41, 5.74) is 2.44. The molecule has 0 radical (unpaired) electrons. The van der Waals surface area contributed by atoms with Crippen molar-refractivity contribution in [2.45, 2.75) is 24.3 Å². The highest BCUT2D eigenvalue weighted by Gasteiger charge is 2.19. The molecule has 3 rings (SSSR count). The van der Waals surface area contributed by atoms with E-state index in [1.54, 1.807) is 25.1 Å². The number of rotatable bonds is 5. The lowest BCUT2D eigenvalue weighted by Crippen LogP contribution is -2.22. The number of amides is 1. The van der Waals surface area contributed by atoms with Gasteiger partial charge in [-0.05, 0) is 44.2 Å². The van der Waals surface area contributed by atoms with Gasteiger partial charge in [0.1, 0.15) is 0 Å². The summed E-state index contributed by atoms with van der Waals surface area (Å²) in [6.07, 6.45) is 0. The molecule has 1 heterocycles. The maximum atomic E-state index is 12.4. The molecule has 1 N–H and O–H groups in total. The van der Waals surface area contributed by atoms with Crippen molar-refractivity contribution in [1.82, 2.24) is 10.2 Å². The average molecular weight is 408 g/mol. The van der Waals surface area contributed by atoms with Crippen molar-refractivity contribution in [1.29, 1.82) is 0 Å². The van der Waals surface area contributed by atoms with E-state index in [4.69, 9.17) is 27.6 Å². The van der Waals surface area contributed by atoms with Gasteiger partial charge in [0.15, 0.2) is 0 Å². The van der Waals surface area contributed by atoms with Crippen molar-refractivity contribution in [3.63, 3.8) is 0 Å². The molecule has 0 saturated carbocycles. The number of nitrogens with one attached hydrogen (secondary N) is 1. The Bertz CT molecular complexity index is 946. The van der Waals surface area contributed by atoms with Gasteiger partial charge in [0, 0.05) is 10.6 Å². The average Bonchev–Trinajstić information content (AvgIpc) is 3.06. The van der Waals surface area contributed by atoms with Gasteiger partial charge in [-0.2, -0.15) is 0 Å². The van der Waals surface area contributed by atoms with E-state index in [0.29, 0.717) is 26.8 Å². The zero-order valence-electron chi connectivity index (χ0n) is 14.0. The number of hydrogen-bond donors (Lipinski definition) is 1. The number of halogens is 2. The molecular weight excluding hydrogens is 393 g/mol. The van der Waals surface area contributed by atoms with E-state index in [1.165, 1.54) is 11.8 Å². The third-order valence-electron chi connectivity index (χ3n) is 3.51. The molecule has 134 valence electrons. The van der Waals surface area contributed by atoms with E-state index in [0.717, 1.165) is 11.1 Å². The van der Waals surface area contributed by atoms with Gasteiger partial charge in [-0.1, -0.05) is 52.7 Å². The summed E-state index contributed by atoms with van der Waals surface area (Å²) >= 11 is 13.1. The Balaban J connectivity index is 1.66. The van der Waals surface area contributed by atoms with Gasteiger partial charge in [0.25, 0.3) is 5.22 Å². The minimum Gasteiger partial charge on any atom is -0.411 e. The van der Waals surface area contributed by atoms with Crippen molar-refractivity contribution in [3.05, 3.63) is 58.1 Å². The highest BCUT2D eigenvalue weighted by atomic mass is 35.5. The van der Waals surface area contributed by atoms with Crippen molar-refractivity contribution in [2.24, 2.45) is 0 Å². The van der Waals surface area contributed by atoms with Gasteiger partial charge in [0.2, 0.25) is 11.8 Å². The molecule has 0 aliphatic carbocycles. The Morgan fingerprint density at radius 1 is 1.19 bits per heavy atom. The number of nitrogens with zero attached hydrogens (tertiary/aromatic N) is 2. The fraction of sp³-hybridized carbons (Fsp3) is 0.167. The molecule has 1 atom stereocenters. The van der Waals surface area contributed by atoms with E-state index in [2.05, 4.69) is 15.5 Å². The van der Waals surface area contributed by atoms with Crippen LogP contribution in [0.2, 0.25) is 10.0 Å². The molecule has 5 nitrogen and oxygen atoms in total. The molecular formula is C18H15Cl2N3O2S. The monoisotopic (exact) mass is 407 g/mol. The third kappa shape index (κ3) is 4.58. The van der Waals surface area contributed by atoms with Crippen LogP contribution in [0.3, 0.4) is 0 Å². The molecule has 0 fully saturated rings. The highest BCUT2D eigenvalue weighted by Crippen LogP contribution is 2.29. The fourth-order valence-electron chi connectivity index (χ4n) is 2.18. The zero-order chi connectivity index (χ0) is 18.7. The number of benzene rings is 2.